The highest BCUT2D eigenvalue weighted by Crippen LogP contribution is 2.43. The van der Waals surface area contributed by atoms with E-state index in [9.17, 15) is 18.0 Å². The number of aromatic nitrogens is 1. The van der Waals surface area contributed by atoms with E-state index in [1.165, 1.54) is 13.1 Å². The van der Waals surface area contributed by atoms with Crippen LogP contribution in [0.3, 0.4) is 0 Å². The lowest BCUT2D eigenvalue weighted by Gasteiger charge is -2.09. The van der Waals surface area contributed by atoms with Gasteiger partial charge in [-0.25, -0.2) is 4.79 Å². The Hall–Kier alpha value is -2.07. The fourth-order valence-corrected chi connectivity index (χ4v) is 2.31. The predicted molar refractivity (Wildman–Crippen MR) is 65.2 cm³/mol. The van der Waals surface area contributed by atoms with Gasteiger partial charge in [-0.1, -0.05) is 12.1 Å². The van der Waals surface area contributed by atoms with Gasteiger partial charge in [-0.05, 0) is 25.0 Å². The van der Waals surface area contributed by atoms with E-state index in [0.717, 1.165) is 15.7 Å². The van der Waals surface area contributed by atoms with Gasteiger partial charge in [-0.3, -0.25) is 0 Å². The van der Waals surface area contributed by atoms with Crippen LogP contribution in [0.2, 0.25) is 0 Å². The Morgan fingerprint density at radius 3 is 2.42 bits per heavy atom. The lowest BCUT2D eigenvalue weighted by Crippen LogP contribution is -2.11. The van der Waals surface area contributed by atoms with E-state index in [0.29, 0.717) is 10.9 Å². The molecule has 0 saturated heterocycles. The van der Waals surface area contributed by atoms with Crippen molar-refractivity contribution in [3.8, 4) is 0 Å². The molecule has 2 aromatic rings. The first kappa shape index (κ1) is 13.4. The van der Waals surface area contributed by atoms with Crippen LogP contribution in [0.5, 0.6) is 0 Å². The van der Waals surface area contributed by atoms with Crippen LogP contribution in [-0.2, 0) is 18.0 Å². The number of nitrogens with zero attached hydrogens (tertiary/aromatic N) is 2. The third-order valence-electron chi connectivity index (χ3n) is 3.28. The van der Waals surface area contributed by atoms with Crippen LogP contribution in [0.25, 0.3) is 10.9 Å². The van der Waals surface area contributed by atoms with Gasteiger partial charge in [0.1, 0.15) is 5.69 Å². The zero-order chi connectivity index (χ0) is 14.4. The maximum Gasteiger partial charge on any atom is 0.433 e. The van der Waals surface area contributed by atoms with Crippen molar-refractivity contribution in [2.75, 3.05) is 0 Å². The van der Waals surface area contributed by atoms with E-state index in [1.807, 2.05) is 6.92 Å². The van der Waals surface area contributed by atoms with E-state index in [-0.39, 0.29) is 5.69 Å². The Labute approximate surface area is 107 Å². The first-order chi connectivity index (χ1) is 8.79. The molecular weight excluding hydrogens is 257 g/mol. The maximum absolute atomic E-state index is 13.1. The first-order valence-corrected chi connectivity index (χ1v) is 5.52. The second-order valence-corrected chi connectivity index (χ2v) is 4.36. The van der Waals surface area contributed by atoms with Crippen LogP contribution in [0.15, 0.2) is 17.1 Å². The molecule has 0 amide bonds. The van der Waals surface area contributed by atoms with Gasteiger partial charge in [0, 0.05) is 12.4 Å². The third-order valence-corrected chi connectivity index (χ3v) is 3.28. The van der Waals surface area contributed by atoms with Crippen LogP contribution in [0, 0.1) is 13.8 Å². The number of rotatable bonds is 1. The van der Waals surface area contributed by atoms with Crippen molar-refractivity contribution >= 4 is 22.7 Å². The summed E-state index contributed by atoms with van der Waals surface area (Å²) in [5.41, 5.74) is 0.741. The predicted octanol–water partition coefficient (Wildman–Crippen LogP) is 3.78. The molecule has 0 radical (unpaired) electrons. The van der Waals surface area contributed by atoms with Crippen molar-refractivity contribution in [2.24, 2.45) is 12.0 Å². The summed E-state index contributed by atoms with van der Waals surface area (Å²) >= 11 is 0. The monoisotopic (exact) mass is 268 g/mol. The molecule has 6 heteroatoms. The van der Waals surface area contributed by atoms with Gasteiger partial charge in [-0.2, -0.15) is 18.2 Å². The number of aryl methyl sites for hydroxylation is 3. The van der Waals surface area contributed by atoms with Crippen LogP contribution < -0.4 is 0 Å². The Morgan fingerprint density at radius 2 is 1.89 bits per heavy atom. The zero-order valence-corrected chi connectivity index (χ0v) is 10.6. The molecule has 1 heterocycles. The number of hydrogen-bond donors (Lipinski definition) is 0. The summed E-state index contributed by atoms with van der Waals surface area (Å²) in [6, 6.07) is 3.25. The molecule has 0 spiro atoms. The minimum atomic E-state index is -4.58. The Kier molecular flexibility index (Phi) is 2.98. The minimum absolute atomic E-state index is 0.307. The van der Waals surface area contributed by atoms with E-state index >= 15 is 0 Å². The van der Waals surface area contributed by atoms with Gasteiger partial charge >= 0.3 is 6.18 Å². The highest BCUT2D eigenvalue weighted by molar-refractivity contribution is 5.97. The molecule has 0 aliphatic heterocycles. The average molecular weight is 268 g/mol. The lowest BCUT2D eigenvalue weighted by molar-refractivity contribution is -0.142. The van der Waals surface area contributed by atoms with Gasteiger partial charge in [0.15, 0.2) is 5.69 Å². The highest BCUT2D eigenvalue weighted by atomic mass is 19.4. The van der Waals surface area contributed by atoms with Gasteiger partial charge in [0.2, 0.25) is 6.08 Å². The Balaban J connectivity index is 3.04. The first-order valence-electron chi connectivity index (χ1n) is 5.52. The fourth-order valence-electron chi connectivity index (χ4n) is 2.31. The molecule has 1 aromatic carbocycles. The number of isocyanates is 1. The molecule has 1 aromatic heterocycles. The molecule has 0 unspecified atom stereocenters. The van der Waals surface area contributed by atoms with Gasteiger partial charge < -0.3 is 4.57 Å². The molecule has 19 heavy (non-hydrogen) atoms. The molecule has 0 atom stereocenters. The standard InChI is InChI=1S/C13H11F3N2O/c1-7-4-5-9-10(17-6-19)12(13(14,15)16)18(3)11(9)8(7)2/h4-5H,1-3H3. The van der Waals surface area contributed by atoms with Crippen LogP contribution in [0.1, 0.15) is 16.8 Å². The number of halogens is 3. The van der Waals surface area contributed by atoms with E-state index in [2.05, 4.69) is 4.99 Å². The number of aliphatic imine (C=N–C) groups is 1. The Morgan fingerprint density at radius 1 is 1.26 bits per heavy atom. The molecule has 0 aliphatic rings. The smallest absolute Gasteiger partial charge is 0.338 e. The van der Waals surface area contributed by atoms with Gasteiger partial charge in [0.25, 0.3) is 0 Å². The van der Waals surface area contributed by atoms with E-state index in [4.69, 9.17) is 0 Å². The topological polar surface area (TPSA) is 34.4 Å². The molecule has 2 rings (SSSR count). The second-order valence-electron chi connectivity index (χ2n) is 4.36. The molecular formula is C13H11F3N2O. The van der Waals surface area contributed by atoms with Crippen molar-refractivity contribution in [3.63, 3.8) is 0 Å². The molecule has 0 N–H and O–H groups in total. The maximum atomic E-state index is 13.1. The second kappa shape index (κ2) is 4.24. The molecule has 100 valence electrons. The third kappa shape index (κ3) is 1.94. The quantitative estimate of drug-likeness (QED) is 0.572. The molecule has 0 bridgehead atoms. The van der Waals surface area contributed by atoms with Crippen molar-refractivity contribution in [2.45, 2.75) is 20.0 Å². The lowest BCUT2D eigenvalue weighted by atomic mass is 10.1. The summed E-state index contributed by atoms with van der Waals surface area (Å²) in [7, 11) is 1.32. The summed E-state index contributed by atoms with van der Waals surface area (Å²) in [5, 5.41) is 0.307. The van der Waals surface area contributed by atoms with Crippen molar-refractivity contribution in [1.82, 2.24) is 4.57 Å². The molecule has 3 nitrogen and oxygen atoms in total. The Bertz CT molecular complexity index is 707. The number of carbonyl (C=O) groups excluding carboxylic acids is 1. The van der Waals surface area contributed by atoms with E-state index < -0.39 is 11.9 Å². The van der Waals surface area contributed by atoms with Crippen LogP contribution in [0.4, 0.5) is 18.9 Å². The molecule has 0 fully saturated rings. The zero-order valence-electron chi connectivity index (χ0n) is 10.6. The van der Waals surface area contributed by atoms with Crippen molar-refractivity contribution in [1.29, 1.82) is 0 Å². The summed E-state index contributed by atoms with van der Waals surface area (Å²) in [6.45, 7) is 3.56. The van der Waals surface area contributed by atoms with Gasteiger partial charge in [-0.15, -0.1) is 0 Å². The summed E-state index contributed by atoms with van der Waals surface area (Å²) in [5.74, 6) is 0. The molecule has 0 saturated carbocycles. The number of hydrogen-bond acceptors (Lipinski definition) is 2. The summed E-state index contributed by atoms with van der Waals surface area (Å²) < 4.78 is 40.3. The minimum Gasteiger partial charge on any atom is -0.338 e. The number of benzene rings is 1. The summed E-state index contributed by atoms with van der Waals surface area (Å²) in [4.78, 5) is 13.6. The average Bonchev–Trinajstić information content (AvgIpc) is 2.57. The summed E-state index contributed by atoms with van der Waals surface area (Å²) in [6.07, 6.45) is -3.38. The van der Waals surface area contributed by atoms with Crippen molar-refractivity contribution in [3.05, 3.63) is 29.0 Å². The van der Waals surface area contributed by atoms with Gasteiger partial charge in [0.05, 0.1) is 5.52 Å². The number of fused-ring (bicyclic) bond motifs is 1. The number of alkyl halides is 3. The van der Waals surface area contributed by atoms with Crippen LogP contribution >= 0.6 is 0 Å². The molecule has 0 aliphatic carbocycles. The normalized spacial score (nSPS) is 11.7. The highest BCUT2D eigenvalue weighted by Gasteiger charge is 2.39. The van der Waals surface area contributed by atoms with Crippen molar-refractivity contribution < 1.29 is 18.0 Å². The van der Waals surface area contributed by atoms with Crippen LogP contribution in [-0.4, -0.2) is 10.6 Å². The SMILES string of the molecule is Cc1ccc2c(N=C=O)c(C(F)(F)F)n(C)c2c1C. The van der Waals surface area contributed by atoms with E-state index in [1.54, 1.807) is 19.1 Å². The fraction of sp³-hybridized carbons (Fsp3) is 0.308. The largest absolute Gasteiger partial charge is 0.433 e.